The molecule has 0 saturated carbocycles. The van der Waals surface area contributed by atoms with Crippen molar-refractivity contribution in [1.82, 2.24) is 14.5 Å². The number of fused-ring (bicyclic) bond motifs is 1. The molecule has 0 spiro atoms. The highest BCUT2D eigenvalue weighted by atomic mass is 16.5. The number of imidazole rings is 1. The van der Waals surface area contributed by atoms with E-state index in [-0.39, 0.29) is 0 Å². The first-order valence-corrected chi connectivity index (χ1v) is 6.76. The van der Waals surface area contributed by atoms with Crippen molar-refractivity contribution in [3.8, 4) is 11.9 Å². The van der Waals surface area contributed by atoms with Gasteiger partial charge in [-0.2, -0.15) is 5.26 Å². The molecule has 0 amide bonds. The van der Waals surface area contributed by atoms with E-state index in [4.69, 9.17) is 10.00 Å². The minimum atomic E-state index is 0.455. The van der Waals surface area contributed by atoms with Crippen LogP contribution in [-0.4, -0.2) is 21.1 Å². The van der Waals surface area contributed by atoms with Crippen LogP contribution in [0.5, 0.6) is 5.88 Å². The Bertz CT molecular complexity index is 656. The average molecular weight is 268 g/mol. The summed E-state index contributed by atoms with van der Waals surface area (Å²) in [6.45, 7) is 3.64. The van der Waals surface area contributed by atoms with Crippen LogP contribution in [0.25, 0.3) is 0 Å². The summed E-state index contributed by atoms with van der Waals surface area (Å²) in [6.07, 6.45) is 5.72. The Balaban J connectivity index is 1.61. The number of nitrogens with zero attached hydrogens (tertiary/aromatic N) is 4. The van der Waals surface area contributed by atoms with Crippen molar-refractivity contribution < 1.29 is 4.74 Å². The second kappa shape index (κ2) is 5.33. The zero-order valence-corrected chi connectivity index (χ0v) is 11.4. The molecule has 0 fully saturated rings. The van der Waals surface area contributed by atoms with Crippen molar-refractivity contribution in [3.05, 3.63) is 41.6 Å². The Morgan fingerprint density at radius 1 is 1.55 bits per heavy atom. The minimum Gasteiger partial charge on any atom is -0.477 e. The lowest BCUT2D eigenvalue weighted by molar-refractivity contribution is 0.212. The largest absolute Gasteiger partial charge is 0.477 e. The van der Waals surface area contributed by atoms with E-state index >= 15 is 0 Å². The van der Waals surface area contributed by atoms with E-state index in [1.807, 2.05) is 6.92 Å². The molecule has 3 heterocycles. The van der Waals surface area contributed by atoms with Gasteiger partial charge in [-0.3, -0.25) is 0 Å². The van der Waals surface area contributed by atoms with E-state index in [1.165, 1.54) is 0 Å². The van der Waals surface area contributed by atoms with Crippen molar-refractivity contribution in [2.24, 2.45) is 5.92 Å². The van der Waals surface area contributed by atoms with Gasteiger partial charge in [-0.1, -0.05) is 0 Å². The molecule has 0 radical (unpaired) electrons. The summed E-state index contributed by atoms with van der Waals surface area (Å²) in [5.74, 6) is 2.12. The van der Waals surface area contributed by atoms with E-state index in [0.717, 1.165) is 30.9 Å². The van der Waals surface area contributed by atoms with E-state index in [9.17, 15) is 0 Å². The smallest absolute Gasteiger partial charge is 0.214 e. The molecular formula is C15H16N4O. The van der Waals surface area contributed by atoms with Crippen molar-refractivity contribution >= 4 is 0 Å². The van der Waals surface area contributed by atoms with E-state index < -0.39 is 0 Å². The van der Waals surface area contributed by atoms with Gasteiger partial charge in [0.15, 0.2) is 0 Å². The van der Waals surface area contributed by atoms with Crippen LogP contribution < -0.4 is 4.74 Å². The third-order valence-corrected chi connectivity index (χ3v) is 3.56. The van der Waals surface area contributed by atoms with Crippen molar-refractivity contribution in [3.63, 3.8) is 0 Å². The summed E-state index contributed by atoms with van der Waals surface area (Å²) < 4.78 is 7.93. The first-order chi connectivity index (χ1) is 9.74. The Kier molecular flexibility index (Phi) is 3.38. The predicted octanol–water partition coefficient (Wildman–Crippen LogP) is 2.10. The molecule has 1 unspecified atom stereocenters. The molecule has 0 N–H and O–H groups in total. The fourth-order valence-electron chi connectivity index (χ4n) is 2.54. The van der Waals surface area contributed by atoms with E-state index in [2.05, 4.69) is 26.8 Å². The van der Waals surface area contributed by atoms with E-state index in [1.54, 1.807) is 18.3 Å². The monoisotopic (exact) mass is 268 g/mol. The van der Waals surface area contributed by atoms with Crippen LogP contribution in [0.3, 0.4) is 0 Å². The minimum absolute atomic E-state index is 0.455. The summed E-state index contributed by atoms with van der Waals surface area (Å²) in [5, 5.41) is 8.85. The van der Waals surface area contributed by atoms with Gasteiger partial charge in [-0.15, -0.1) is 0 Å². The molecule has 2 aromatic heterocycles. The van der Waals surface area contributed by atoms with Crippen molar-refractivity contribution in [2.75, 3.05) is 6.61 Å². The number of pyridine rings is 1. The van der Waals surface area contributed by atoms with Gasteiger partial charge in [0.1, 0.15) is 5.82 Å². The summed E-state index contributed by atoms with van der Waals surface area (Å²) in [4.78, 5) is 8.66. The summed E-state index contributed by atoms with van der Waals surface area (Å²) in [7, 11) is 0. The molecule has 0 aliphatic carbocycles. The van der Waals surface area contributed by atoms with Crippen LogP contribution in [0.4, 0.5) is 0 Å². The summed E-state index contributed by atoms with van der Waals surface area (Å²) >= 11 is 0. The Morgan fingerprint density at radius 2 is 2.45 bits per heavy atom. The number of hydrogen-bond donors (Lipinski definition) is 0. The number of rotatable bonds is 3. The van der Waals surface area contributed by atoms with Gasteiger partial charge in [0, 0.05) is 37.3 Å². The number of hydrogen-bond acceptors (Lipinski definition) is 4. The maximum absolute atomic E-state index is 8.85. The molecule has 0 saturated heterocycles. The van der Waals surface area contributed by atoms with Crippen LogP contribution in [0.2, 0.25) is 0 Å². The molecule has 1 aliphatic rings. The number of nitriles is 1. The molecule has 20 heavy (non-hydrogen) atoms. The SMILES string of the molecule is Cc1cn2c(n1)CC(COc1cc(C#N)ccn1)CC2. The Morgan fingerprint density at radius 3 is 3.30 bits per heavy atom. The van der Waals surface area contributed by atoms with Gasteiger partial charge in [0.2, 0.25) is 5.88 Å². The predicted molar refractivity (Wildman–Crippen MR) is 73.2 cm³/mol. The lowest BCUT2D eigenvalue weighted by Gasteiger charge is -2.23. The normalized spacial score (nSPS) is 17.3. The van der Waals surface area contributed by atoms with Crippen molar-refractivity contribution in [2.45, 2.75) is 26.3 Å². The maximum atomic E-state index is 8.85. The first-order valence-electron chi connectivity index (χ1n) is 6.76. The maximum Gasteiger partial charge on any atom is 0.214 e. The molecule has 5 heteroatoms. The van der Waals surface area contributed by atoms with Gasteiger partial charge in [-0.25, -0.2) is 9.97 Å². The van der Waals surface area contributed by atoms with Crippen LogP contribution >= 0.6 is 0 Å². The molecule has 5 nitrogen and oxygen atoms in total. The number of aromatic nitrogens is 3. The summed E-state index contributed by atoms with van der Waals surface area (Å²) in [6, 6.07) is 5.44. The van der Waals surface area contributed by atoms with Gasteiger partial charge < -0.3 is 9.30 Å². The molecule has 2 aromatic rings. The average Bonchev–Trinajstić information content (AvgIpc) is 2.84. The molecule has 0 aromatic carbocycles. The van der Waals surface area contributed by atoms with Crippen LogP contribution in [0.15, 0.2) is 24.5 Å². The highest BCUT2D eigenvalue weighted by molar-refractivity contribution is 5.31. The second-order valence-corrected chi connectivity index (χ2v) is 5.16. The Labute approximate surface area is 117 Å². The molecule has 1 atom stereocenters. The van der Waals surface area contributed by atoms with Crippen LogP contribution in [0, 0.1) is 24.2 Å². The zero-order chi connectivity index (χ0) is 13.9. The summed E-state index contributed by atoms with van der Waals surface area (Å²) in [5.41, 5.74) is 1.65. The highest BCUT2D eigenvalue weighted by Crippen LogP contribution is 2.21. The lowest BCUT2D eigenvalue weighted by Crippen LogP contribution is -2.24. The first kappa shape index (κ1) is 12.7. The number of ether oxygens (including phenoxy) is 1. The third-order valence-electron chi connectivity index (χ3n) is 3.56. The van der Waals surface area contributed by atoms with Gasteiger partial charge in [-0.05, 0) is 19.4 Å². The van der Waals surface area contributed by atoms with Crippen LogP contribution in [-0.2, 0) is 13.0 Å². The lowest BCUT2D eigenvalue weighted by atomic mass is 9.99. The quantitative estimate of drug-likeness (QED) is 0.855. The van der Waals surface area contributed by atoms with Crippen molar-refractivity contribution in [1.29, 1.82) is 5.26 Å². The molecule has 102 valence electrons. The molecule has 3 rings (SSSR count). The van der Waals surface area contributed by atoms with Crippen LogP contribution in [0.1, 0.15) is 23.5 Å². The van der Waals surface area contributed by atoms with E-state index in [0.29, 0.717) is 24.0 Å². The second-order valence-electron chi connectivity index (χ2n) is 5.16. The molecule has 1 aliphatic heterocycles. The topological polar surface area (TPSA) is 63.7 Å². The zero-order valence-electron chi connectivity index (χ0n) is 11.4. The van der Waals surface area contributed by atoms with Gasteiger partial charge in [0.25, 0.3) is 0 Å². The fourth-order valence-corrected chi connectivity index (χ4v) is 2.54. The standard InChI is InChI=1S/C15H16N4O/c1-11-9-19-5-3-13(6-14(19)18-11)10-20-15-7-12(8-16)2-4-17-15/h2,4,7,9,13H,3,5-6,10H2,1H3. The third kappa shape index (κ3) is 2.64. The highest BCUT2D eigenvalue weighted by Gasteiger charge is 2.20. The van der Waals surface area contributed by atoms with Gasteiger partial charge in [0.05, 0.1) is 23.9 Å². The molecule has 0 bridgehead atoms. The van der Waals surface area contributed by atoms with Gasteiger partial charge >= 0.3 is 0 Å². The number of aryl methyl sites for hydroxylation is 2. The molecular weight excluding hydrogens is 252 g/mol. The Hall–Kier alpha value is -2.35. The fraction of sp³-hybridized carbons (Fsp3) is 0.400.